The van der Waals surface area contributed by atoms with Crippen molar-refractivity contribution in [1.29, 1.82) is 0 Å². The Kier molecular flexibility index (Phi) is 6.74. The molecule has 2 fully saturated rings. The summed E-state index contributed by atoms with van der Waals surface area (Å²) in [4.78, 5) is 16.9. The van der Waals surface area contributed by atoms with E-state index in [9.17, 15) is 4.79 Å². The van der Waals surface area contributed by atoms with Crippen molar-refractivity contribution in [2.45, 2.75) is 38.3 Å². The number of hydrogen-bond donors (Lipinski definition) is 0. The van der Waals surface area contributed by atoms with E-state index in [1.54, 1.807) is 7.11 Å². The summed E-state index contributed by atoms with van der Waals surface area (Å²) >= 11 is 0. The van der Waals surface area contributed by atoms with Crippen molar-refractivity contribution in [3.05, 3.63) is 24.3 Å². The molecule has 0 radical (unpaired) electrons. The van der Waals surface area contributed by atoms with Crippen molar-refractivity contribution >= 4 is 5.91 Å². The minimum Gasteiger partial charge on any atom is -0.497 e. The molecule has 2 aliphatic rings. The van der Waals surface area contributed by atoms with E-state index in [1.165, 1.54) is 0 Å². The summed E-state index contributed by atoms with van der Waals surface area (Å²) in [7, 11) is 1.66. The van der Waals surface area contributed by atoms with Gasteiger partial charge in [-0.25, -0.2) is 0 Å². The molecular formula is C20H30N2O4. The highest BCUT2D eigenvalue weighted by molar-refractivity contribution is 5.76. The number of benzene rings is 1. The lowest BCUT2D eigenvalue weighted by atomic mass is 10.1. The van der Waals surface area contributed by atoms with Crippen LogP contribution in [0.15, 0.2) is 24.3 Å². The third-order valence-corrected chi connectivity index (χ3v) is 5.30. The summed E-state index contributed by atoms with van der Waals surface area (Å²) in [6.07, 6.45) is 2.52. The second-order valence-electron chi connectivity index (χ2n) is 7.08. The third kappa shape index (κ3) is 5.11. The van der Waals surface area contributed by atoms with Crippen molar-refractivity contribution in [3.63, 3.8) is 0 Å². The van der Waals surface area contributed by atoms with Gasteiger partial charge in [-0.1, -0.05) is 0 Å². The van der Waals surface area contributed by atoms with Crippen LogP contribution in [0.2, 0.25) is 0 Å². The van der Waals surface area contributed by atoms with Crippen molar-refractivity contribution in [3.8, 4) is 11.5 Å². The van der Waals surface area contributed by atoms with Crippen LogP contribution in [0.3, 0.4) is 0 Å². The fraction of sp³-hybridized carbons (Fsp3) is 0.650. The SMILES string of the molecule is COc1ccc(OC2CCN(C(=O)C[C@@H](C)N3CCOCC3)CC2)cc1. The van der Waals surface area contributed by atoms with Gasteiger partial charge < -0.3 is 19.1 Å². The van der Waals surface area contributed by atoms with E-state index in [4.69, 9.17) is 14.2 Å². The highest BCUT2D eigenvalue weighted by atomic mass is 16.5. The van der Waals surface area contributed by atoms with Gasteiger partial charge in [-0.05, 0) is 31.2 Å². The molecule has 0 saturated carbocycles. The minimum atomic E-state index is 0.170. The van der Waals surface area contributed by atoms with E-state index >= 15 is 0 Å². The van der Waals surface area contributed by atoms with E-state index in [2.05, 4.69) is 11.8 Å². The summed E-state index contributed by atoms with van der Waals surface area (Å²) in [5.41, 5.74) is 0. The molecule has 0 aliphatic carbocycles. The van der Waals surface area contributed by atoms with Gasteiger partial charge in [0.15, 0.2) is 0 Å². The number of carbonyl (C=O) groups excluding carboxylic acids is 1. The smallest absolute Gasteiger partial charge is 0.224 e. The van der Waals surface area contributed by atoms with Gasteiger partial charge in [0, 0.05) is 51.5 Å². The average molecular weight is 362 g/mol. The number of likely N-dealkylation sites (tertiary alicyclic amines) is 1. The van der Waals surface area contributed by atoms with Crippen LogP contribution in [0.5, 0.6) is 11.5 Å². The summed E-state index contributed by atoms with van der Waals surface area (Å²) in [5.74, 6) is 1.94. The Hall–Kier alpha value is -1.79. The zero-order chi connectivity index (χ0) is 18.4. The normalized spacial score (nSPS) is 20.6. The molecule has 0 spiro atoms. The molecule has 0 unspecified atom stereocenters. The van der Waals surface area contributed by atoms with Crippen molar-refractivity contribution in [1.82, 2.24) is 9.80 Å². The lowest BCUT2D eigenvalue weighted by molar-refractivity contribution is -0.134. The lowest BCUT2D eigenvalue weighted by Crippen LogP contribution is -2.47. The first-order chi connectivity index (χ1) is 12.7. The molecule has 26 heavy (non-hydrogen) atoms. The van der Waals surface area contributed by atoms with E-state index < -0.39 is 0 Å². The molecule has 6 nitrogen and oxygen atoms in total. The van der Waals surface area contributed by atoms with Gasteiger partial charge in [0.05, 0.1) is 20.3 Å². The molecule has 1 aromatic rings. The van der Waals surface area contributed by atoms with Crippen molar-refractivity contribution < 1.29 is 19.0 Å². The maximum atomic E-state index is 12.6. The molecule has 6 heteroatoms. The zero-order valence-corrected chi connectivity index (χ0v) is 15.9. The third-order valence-electron chi connectivity index (χ3n) is 5.30. The van der Waals surface area contributed by atoms with Gasteiger partial charge in [-0.2, -0.15) is 0 Å². The molecule has 2 saturated heterocycles. The summed E-state index contributed by atoms with van der Waals surface area (Å²) in [6.45, 7) is 7.07. The van der Waals surface area contributed by atoms with Crippen LogP contribution in [-0.4, -0.2) is 74.4 Å². The monoisotopic (exact) mass is 362 g/mol. The largest absolute Gasteiger partial charge is 0.497 e. The molecule has 2 heterocycles. The van der Waals surface area contributed by atoms with Crippen molar-refractivity contribution in [2.24, 2.45) is 0 Å². The van der Waals surface area contributed by atoms with Gasteiger partial charge in [-0.15, -0.1) is 0 Å². The first kappa shape index (κ1) is 19.0. The maximum absolute atomic E-state index is 12.6. The van der Waals surface area contributed by atoms with Crippen molar-refractivity contribution in [2.75, 3.05) is 46.5 Å². The Morgan fingerprint density at radius 1 is 1.12 bits per heavy atom. The predicted molar refractivity (Wildman–Crippen MR) is 99.7 cm³/mol. The number of morpholine rings is 1. The number of carbonyl (C=O) groups is 1. The Morgan fingerprint density at radius 3 is 2.35 bits per heavy atom. The Morgan fingerprint density at radius 2 is 1.73 bits per heavy atom. The van der Waals surface area contributed by atoms with Crippen LogP contribution < -0.4 is 9.47 Å². The first-order valence-corrected chi connectivity index (χ1v) is 9.56. The number of nitrogens with zero attached hydrogens (tertiary/aromatic N) is 2. The van der Waals surface area contributed by atoms with Gasteiger partial charge in [0.2, 0.25) is 5.91 Å². The second kappa shape index (κ2) is 9.24. The van der Waals surface area contributed by atoms with Crippen LogP contribution in [0, 0.1) is 0 Å². The van der Waals surface area contributed by atoms with Crippen LogP contribution in [0.1, 0.15) is 26.2 Å². The number of piperidine rings is 1. The standard InChI is InChI=1S/C20H30N2O4/c1-16(21-11-13-25-14-12-21)15-20(23)22-9-7-19(8-10-22)26-18-5-3-17(24-2)4-6-18/h3-6,16,19H,7-15H2,1-2H3/t16-/m1/s1. The fourth-order valence-corrected chi connectivity index (χ4v) is 3.60. The molecule has 0 N–H and O–H groups in total. The second-order valence-corrected chi connectivity index (χ2v) is 7.08. The number of rotatable bonds is 6. The van der Waals surface area contributed by atoms with Crippen LogP contribution >= 0.6 is 0 Å². The first-order valence-electron chi connectivity index (χ1n) is 9.56. The highest BCUT2D eigenvalue weighted by Crippen LogP contribution is 2.22. The van der Waals surface area contributed by atoms with E-state index in [0.717, 1.165) is 63.7 Å². The fourth-order valence-electron chi connectivity index (χ4n) is 3.60. The molecule has 2 aliphatic heterocycles. The molecule has 1 aromatic carbocycles. The molecule has 1 amide bonds. The molecule has 1 atom stereocenters. The van der Waals surface area contributed by atoms with Gasteiger partial charge in [0.1, 0.15) is 17.6 Å². The molecule has 3 rings (SSSR count). The number of hydrogen-bond acceptors (Lipinski definition) is 5. The van der Waals surface area contributed by atoms with E-state index in [-0.39, 0.29) is 18.1 Å². The van der Waals surface area contributed by atoms with E-state index in [0.29, 0.717) is 6.42 Å². The molecule has 0 aromatic heterocycles. The molecular weight excluding hydrogens is 332 g/mol. The van der Waals surface area contributed by atoms with Crippen LogP contribution in [-0.2, 0) is 9.53 Å². The summed E-state index contributed by atoms with van der Waals surface area (Å²) in [5, 5.41) is 0. The predicted octanol–water partition coefficient (Wildman–Crippen LogP) is 2.18. The van der Waals surface area contributed by atoms with E-state index in [1.807, 2.05) is 29.2 Å². The molecule has 0 bridgehead atoms. The quantitative estimate of drug-likeness (QED) is 0.776. The Balaban J connectivity index is 1.41. The maximum Gasteiger partial charge on any atom is 0.224 e. The molecule has 144 valence electrons. The average Bonchev–Trinajstić information content (AvgIpc) is 2.69. The van der Waals surface area contributed by atoms with Gasteiger partial charge in [0.25, 0.3) is 0 Å². The number of ether oxygens (including phenoxy) is 3. The number of amides is 1. The minimum absolute atomic E-state index is 0.170. The van der Waals surface area contributed by atoms with Gasteiger partial charge >= 0.3 is 0 Å². The Labute approximate surface area is 156 Å². The highest BCUT2D eigenvalue weighted by Gasteiger charge is 2.26. The Bertz CT molecular complexity index is 564. The summed E-state index contributed by atoms with van der Waals surface area (Å²) in [6, 6.07) is 7.95. The van der Waals surface area contributed by atoms with Gasteiger partial charge in [-0.3, -0.25) is 9.69 Å². The topological polar surface area (TPSA) is 51.2 Å². The zero-order valence-electron chi connectivity index (χ0n) is 15.9. The summed E-state index contributed by atoms with van der Waals surface area (Å²) < 4.78 is 16.6. The number of methoxy groups -OCH3 is 1. The van der Waals surface area contributed by atoms with Crippen LogP contribution in [0.25, 0.3) is 0 Å². The van der Waals surface area contributed by atoms with Crippen LogP contribution in [0.4, 0.5) is 0 Å². The lowest BCUT2D eigenvalue weighted by Gasteiger charge is -2.35.